The third-order valence-electron chi connectivity index (χ3n) is 3.86. The van der Waals surface area contributed by atoms with E-state index in [1.54, 1.807) is 12.1 Å². The molecule has 4 N–H and O–H groups in total. The van der Waals surface area contributed by atoms with Crippen LogP contribution < -0.4 is 9.92 Å². The van der Waals surface area contributed by atoms with Gasteiger partial charge in [-0.1, -0.05) is 17.7 Å². The first-order valence-corrected chi connectivity index (χ1v) is 11.3. The van der Waals surface area contributed by atoms with Crippen molar-refractivity contribution in [2.45, 2.75) is 21.6 Å². The van der Waals surface area contributed by atoms with Crippen LogP contribution in [0.4, 0.5) is 5.69 Å². The average molecular weight is 442 g/mol. The standard InChI is InChI=1S/C17H15NO7S3/c1-10-2-4-11(5-3-10)26-25-16-9-12(27(19,20)21)8-14-13(16)6-7-15(18)17(14)28(22,23)24/h2-9H,18H2,1H3,(H,19,20,21)(H,22,23,24). The minimum absolute atomic E-state index is 0.0272. The minimum Gasteiger partial charge on any atom is -0.420 e. The molecule has 11 heteroatoms. The number of anilines is 1. The number of hydrogen-bond acceptors (Lipinski definition) is 7. The van der Waals surface area contributed by atoms with Crippen molar-refractivity contribution in [3.8, 4) is 5.75 Å². The summed E-state index contributed by atoms with van der Waals surface area (Å²) in [6, 6.07) is 11.9. The van der Waals surface area contributed by atoms with Gasteiger partial charge in [-0.2, -0.15) is 16.8 Å². The fourth-order valence-corrected chi connectivity index (χ4v) is 4.46. The van der Waals surface area contributed by atoms with Gasteiger partial charge in [0.15, 0.2) is 0 Å². The predicted molar refractivity (Wildman–Crippen MR) is 106 cm³/mol. The average Bonchev–Trinajstić information content (AvgIpc) is 2.58. The molecule has 3 aromatic rings. The van der Waals surface area contributed by atoms with Gasteiger partial charge in [0.1, 0.15) is 10.6 Å². The Bertz CT molecular complexity index is 1270. The summed E-state index contributed by atoms with van der Waals surface area (Å²) in [5.41, 5.74) is 6.42. The van der Waals surface area contributed by atoms with Crippen LogP contribution in [0.3, 0.4) is 0 Å². The highest BCUT2D eigenvalue weighted by molar-refractivity contribution is 7.95. The number of hydrogen-bond donors (Lipinski definition) is 3. The summed E-state index contributed by atoms with van der Waals surface area (Å²) < 4.78 is 71.4. The van der Waals surface area contributed by atoms with E-state index in [1.165, 1.54) is 12.1 Å². The van der Waals surface area contributed by atoms with E-state index in [0.717, 1.165) is 29.7 Å². The topological polar surface area (TPSA) is 144 Å². The van der Waals surface area contributed by atoms with Crippen LogP contribution in [0.15, 0.2) is 63.2 Å². The van der Waals surface area contributed by atoms with E-state index in [9.17, 15) is 25.9 Å². The molecule has 0 fully saturated rings. The maximum Gasteiger partial charge on any atom is 0.297 e. The maximum absolute atomic E-state index is 11.8. The van der Waals surface area contributed by atoms with Crippen LogP contribution in [0.5, 0.6) is 5.75 Å². The lowest BCUT2D eigenvalue weighted by molar-refractivity contribution is 0.480. The summed E-state index contributed by atoms with van der Waals surface area (Å²) in [5, 5.41) is -0.00836. The Kier molecular flexibility index (Phi) is 5.30. The zero-order chi connectivity index (χ0) is 20.7. The van der Waals surface area contributed by atoms with Crippen LogP contribution in [-0.2, 0) is 20.2 Å². The fraction of sp³-hybridized carbons (Fsp3) is 0.0588. The molecule has 0 amide bonds. The highest BCUT2D eigenvalue weighted by Gasteiger charge is 2.23. The molecule has 28 heavy (non-hydrogen) atoms. The maximum atomic E-state index is 11.8. The van der Waals surface area contributed by atoms with Crippen molar-refractivity contribution in [1.82, 2.24) is 0 Å². The first kappa shape index (κ1) is 20.4. The summed E-state index contributed by atoms with van der Waals surface area (Å²) >= 11 is 0.914. The van der Waals surface area contributed by atoms with E-state index in [1.807, 2.05) is 19.1 Å². The molecule has 148 valence electrons. The van der Waals surface area contributed by atoms with Crippen LogP contribution in [0.2, 0.25) is 0 Å². The monoisotopic (exact) mass is 441 g/mol. The van der Waals surface area contributed by atoms with Crippen molar-refractivity contribution < 1.29 is 30.1 Å². The molecule has 3 aromatic carbocycles. The number of nitrogen functional groups attached to an aromatic ring is 1. The summed E-state index contributed by atoms with van der Waals surface area (Å²) in [7, 11) is -9.46. The van der Waals surface area contributed by atoms with Crippen molar-refractivity contribution in [3.63, 3.8) is 0 Å². The van der Waals surface area contributed by atoms with Crippen LogP contribution in [0.25, 0.3) is 10.8 Å². The molecule has 0 aromatic heterocycles. The predicted octanol–water partition coefficient (Wildman–Crippen LogP) is 3.31. The zero-order valence-electron chi connectivity index (χ0n) is 14.4. The molecule has 0 heterocycles. The van der Waals surface area contributed by atoms with Crippen LogP contribution in [0.1, 0.15) is 5.56 Å². The van der Waals surface area contributed by atoms with Gasteiger partial charge in [-0.25, -0.2) is 0 Å². The molecule has 0 spiro atoms. The van der Waals surface area contributed by atoms with E-state index in [2.05, 4.69) is 0 Å². The Balaban J connectivity index is 2.22. The molecular formula is C17H15NO7S3. The minimum atomic E-state index is -4.77. The lowest BCUT2D eigenvalue weighted by Crippen LogP contribution is -2.06. The van der Waals surface area contributed by atoms with Crippen LogP contribution >= 0.6 is 12.0 Å². The highest BCUT2D eigenvalue weighted by Crippen LogP contribution is 2.38. The third kappa shape index (κ3) is 4.23. The normalized spacial score (nSPS) is 12.2. The second kappa shape index (κ2) is 7.26. The Hall–Kier alpha value is -2.31. The first-order valence-electron chi connectivity index (χ1n) is 7.69. The molecule has 8 nitrogen and oxygen atoms in total. The van der Waals surface area contributed by atoms with Crippen LogP contribution in [-0.4, -0.2) is 25.9 Å². The van der Waals surface area contributed by atoms with Gasteiger partial charge in [-0.05, 0) is 37.3 Å². The van der Waals surface area contributed by atoms with Crippen molar-refractivity contribution in [1.29, 1.82) is 0 Å². The molecule has 0 bridgehead atoms. The smallest absolute Gasteiger partial charge is 0.297 e. The van der Waals surface area contributed by atoms with Crippen molar-refractivity contribution in [3.05, 3.63) is 54.1 Å². The van der Waals surface area contributed by atoms with Crippen LogP contribution in [0, 0.1) is 6.92 Å². The first-order chi connectivity index (χ1) is 13.0. The highest BCUT2D eigenvalue weighted by atomic mass is 32.2. The number of rotatable bonds is 5. The van der Waals surface area contributed by atoms with Gasteiger partial charge in [-0.3, -0.25) is 9.11 Å². The van der Waals surface area contributed by atoms with E-state index >= 15 is 0 Å². The summed E-state index contributed by atoms with van der Waals surface area (Å²) in [5.74, 6) is -0.0272. The number of benzene rings is 3. The SMILES string of the molecule is Cc1ccc(SOc2cc(S(=O)(=O)O)cc3c(S(=O)(=O)O)c(N)ccc23)cc1. The van der Waals surface area contributed by atoms with Crippen molar-refractivity contribution in [2.75, 3.05) is 5.73 Å². The molecular weight excluding hydrogens is 426 g/mol. The molecule has 0 aliphatic carbocycles. The van der Waals surface area contributed by atoms with Gasteiger partial charge < -0.3 is 9.92 Å². The molecule has 0 saturated heterocycles. The van der Waals surface area contributed by atoms with E-state index in [-0.39, 0.29) is 22.2 Å². The number of nitrogens with two attached hydrogens (primary N) is 1. The summed E-state index contributed by atoms with van der Waals surface area (Å²) in [4.78, 5) is -0.558. The van der Waals surface area contributed by atoms with E-state index < -0.39 is 30.0 Å². The second-order valence-electron chi connectivity index (χ2n) is 5.93. The largest absolute Gasteiger partial charge is 0.420 e. The van der Waals surface area contributed by atoms with E-state index in [4.69, 9.17) is 9.92 Å². The zero-order valence-corrected chi connectivity index (χ0v) is 16.8. The molecule has 0 saturated carbocycles. The molecule has 0 radical (unpaired) electrons. The lowest BCUT2D eigenvalue weighted by atomic mass is 10.1. The number of aryl methyl sites for hydroxylation is 1. The Morgan fingerprint density at radius 3 is 2.11 bits per heavy atom. The van der Waals surface area contributed by atoms with E-state index in [0.29, 0.717) is 4.90 Å². The lowest BCUT2D eigenvalue weighted by Gasteiger charge is -2.13. The van der Waals surface area contributed by atoms with Crippen molar-refractivity contribution in [2.24, 2.45) is 0 Å². The van der Waals surface area contributed by atoms with Gasteiger partial charge in [0.25, 0.3) is 20.2 Å². The molecule has 3 rings (SSSR count). The Morgan fingerprint density at radius 2 is 1.54 bits per heavy atom. The van der Waals surface area contributed by atoms with Gasteiger partial charge >= 0.3 is 0 Å². The molecule has 0 aliphatic rings. The van der Waals surface area contributed by atoms with Gasteiger partial charge in [0.05, 0.1) is 22.6 Å². The molecule has 0 atom stereocenters. The Morgan fingerprint density at radius 1 is 0.893 bits per heavy atom. The Labute approximate surface area is 166 Å². The fourth-order valence-electron chi connectivity index (χ4n) is 2.56. The molecule has 0 aliphatic heterocycles. The molecule has 0 unspecified atom stereocenters. The summed E-state index contributed by atoms with van der Waals surface area (Å²) in [6.07, 6.45) is 0. The van der Waals surface area contributed by atoms with Gasteiger partial charge in [0, 0.05) is 21.7 Å². The third-order valence-corrected chi connectivity index (χ3v) is 6.39. The quantitative estimate of drug-likeness (QED) is 0.308. The van der Waals surface area contributed by atoms with Crippen molar-refractivity contribution >= 4 is 48.7 Å². The van der Waals surface area contributed by atoms with Gasteiger partial charge in [-0.15, -0.1) is 0 Å². The number of fused-ring (bicyclic) bond motifs is 1. The van der Waals surface area contributed by atoms with Gasteiger partial charge in [0.2, 0.25) is 0 Å². The summed E-state index contributed by atoms with van der Waals surface area (Å²) in [6.45, 7) is 1.92. The second-order valence-corrected chi connectivity index (χ2v) is 9.51.